The Kier molecular flexibility index (Phi) is 3.85. The smallest absolute Gasteiger partial charge is 0.223 e. The predicted molar refractivity (Wildman–Crippen MR) is 106 cm³/mol. The number of furan rings is 1. The molecule has 9 nitrogen and oxygen atoms in total. The molecule has 1 unspecified atom stereocenters. The Morgan fingerprint density at radius 1 is 1.21 bits per heavy atom. The van der Waals surface area contributed by atoms with Crippen LogP contribution in [0.2, 0.25) is 5.15 Å². The summed E-state index contributed by atoms with van der Waals surface area (Å²) in [5.74, 6) is 0.296. The molecule has 2 aliphatic rings. The maximum atomic E-state index is 10.5. The number of nitrogens with two attached hydrogens (primary N) is 1. The van der Waals surface area contributed by atoms with E-state index >= 15 is 0 Å². The minimum absolute atomic E-state index is 0.0394. The monoisotopic (exact) mass is 417 g/mol. The fourth-order valence-corrected chi connectivity index (χ4v) is 4.73. The van der Waals surface area contributed by atoms with E-state index in [1.54, 1.807) is 0 Å². The Labute approximate surface area is 170 Å². The number of fused-ring (bicyclic) bond motifs is 2. The van der Waals surface area contributed by atoms with Crippen molar-refractivity contribution < 1.29 is 19.7 Å². The van der Waals surface area contributed by atoms with Gasteiger partial charge in [0.1, 0.15) is 28.4 Å². The van der Waals surface area contributed by atoms with Crippen molar-refractivity contribution >= 4 is 34.3 Å². The molecule has 0 spiro atoms. The van der Waals surface area contributed by atoms with Crippen LogP contribution in [0.25, 0.3) is 22.3 Å². The van der Waals surface area contributed by atoms with E-state index < -0.39 is 23.9 Å². The van der Waals surface area contributed by atoms with Crippen LogP contribution in [0, 0.1) is 19.8 Å². The fourth-order valence-electron chi connectivity index (χ4n) is 4.46. The lowest BCUT2D eigenvalue weighted by molar-refractivity contribution is -0.0262. The minimum Gasteiger partial charge on any atom is -0.454 e. The summed E-state index contributed by atoms with van der Waals surface area (Å²) in [7, 11) is 0. The van der Waals surface area contributed by atoms with E-state index in [0.717, 1.165) is 16.8 Å². The van der Waals surface area contributed by atoms with Crippen LogP contribution in [-0.2, 0) is 0 Å². The average molecular weight is 418 g/mol. The second kappa shape index (κ2) is 6.02. The molecule has 10 heteroatoms. The van der Waals surface area contributed by atoms with Crippen LogP contribution in [0.15, 0.2) is 16.5 Å². The molecule has 29 heavy (non-hydrogen) atoms. The number of aryl methyl sites for hydroxylation is 2. The quantitative estimate of drug-likeness (QED) is 0.398. The largest absolute Gasteiger partial charge is 0.454 e. The van der Waals surface area contributed by atoms with Crippen molar-refractivity contribution in [1.82, 2.24) is 15.0 Å². The third-order valence-electron chi connectivity index (χ3n) is 5.95. The number of aliphatic hydroxyl groups excluding tert-OH is 2. The van der Waals surface area contributed by atoms with Gasteiger partial charge in [-0.25, -0.2) is 4.98 Å². The van der Waals surface area contributed by atoms with Crippen molar-refractivity contribution in [3.05, 3.63) is 28.7 Å². The molecule has 3 aromatic heterocycles. The molecule has 0 aromatic carbocycles. The molecule has 2 fully saturated rings. The van der Waals surface area contributed by atoms with Crippen LogP contribution >= 0.6 is 11.6 Å². The molecule has 2 aliphatic carbocycles. The van der Waals surface area contributed by atoms with Crippen LogP contribution in [0.3, 0.4) is 0 Å². The van der Waals surface area contributed by atoms with Crippen molar-refractivity contribution in [3.8, 4) is 11.3 Å². The van der Waals surface area contributed by atoms with Crippen molar-refractivity contribution in [1.29, 1.82) is 0 Å². The second-order valence-electron chi connectivity index (χ2n) is 7.84. The van der Waals surface area contributed by atoms with Crippen LogP contribution in [0.4, 0.5) is 11.8 Å². The van der Waals surface area contributed by atoms with Gasteiger partial charge >= 0.3 is 0 Å². The molecule has 152 valence electrons. The lowest BCUT2D eigenvalue weighted by Crippen LogP contribution is -2.42. The number of nitrogens with one attached hydrogen (secondary N) is 1. The van der Waals surface area contributed by atoms with Crippen molar-refractivity contribution in [2.24, 2.45) is 5.92 Å². The van der Waals surface area contributed by atoms with Gasteiger partial charge in [-0.15, -0.1) is 0 Å². The average Bonchev–Trinajstić information content (AvgIpc) is 2.94. The van der Waals surface area contributed by atoms with Crippen LogP contribution in [0.5, 0.6) is 0 Å². The zero-order valence-electron chi connectivity index (χ0n) is 15.7. The molecular formula is C19H20ClN5O4. The second-order valence-corrected chi connectivity index (χ2v) is 8.20. The molecule has 0 aliphatic heterocycles. The lowest BCUT2D eigenvalue weighted by Gasteiger charge is -2.24. The Hall–Kier alpha value is -2.46. The van der Waals surface area contributed by atoms with Gasteiger partial charge in [0.2, 0.25) is 5.95 Å². The van der Waals surface area contributed by atoms with Gasteiger partial charge in [0.05, 0.1) is 23.4 Å². The summed E-state index contributed by atoms with van der Waals surface area (Å²) in [6.45, 7) is 3.76. The van der Waals surface area contributed by atoms with Crippen molar-refractivity contribution in [3.63, 3.8) is 0 Å². The van der Waals surface area contributed by atoms with E-state index in [9.17, 15) is 15.3 Å². The van der Waals surface area contributed by atoms with Crippen molar-refractivity contribution in [2.45, 2.75) is 44.1 Å². The number of aliphatic hydroxyl groups is 3. The van der Waals surface area contributed by atoms with E-state index in [1.165, 1.54) is 0 Å². The minimum atomic E-state index is -1.49. The first-order valence-corrected chi connectivity index (χ1v) is 9.64. The standard InChI is InChI=1S/C19H20ClN5O4/c1-6-3-8-4-11(29-13(8)7(2)22-6)12-16(20)24-18(21)25-17(12)23-10-5-9-14(26)19(9,28)15(10)27/h3-4,9-10,14-15,26-28H,5H2,1-2H3,(H3,21,23,24,25)/t9-,10-,14?,15+,19+/m1/s1. The topological polar surface area (TPSA) is 151 Å². The Balaban J connectivity index is 1.57. The highest BCUT2D eigenvalue weighted by atomic mass is 35.5. The van der Waals surface area contributed by atoms with Gasteiger partial charge in [0.25, 0.3) is 0 Å². The third-order valence-corrected chi connectivity index (χ3v) is 6.22. The Morgan fingerprint density at radius 3 is 2.66 bits per heavy atom. The third kappa shape index (κ3) is 2.62. The molecule has 5 atom stereocenters. The first kappa shape index (κ1) is 18.6. The molecule has 0 saturated heterocycles. The Bertz CT molecular complexity index is 1150. The molecule has 2 saturated carbocycles. The summed E-state index contributed by atoms with van der Waals surface area (Å²) >= 11 is 6.38. The van der Waals surface area contributed by atoms with Gasteiger partial charge in [-0.05, 0) is 32.4 Å². The highest BCUT2D eigenvalue weighted by Crippen LogP contribution is 2.56. The van der Waals surface area contributed by atoms with Crippen LogP contribution < -0.4 is 11.1 Å². The van der Waals surface area contributed by atoms with E-state index in [1.807, 2.05) is 26.0 Å². The molecule has 0 amide bonds. The predicted octanol–water partition coefficient (Wildman–Crippen LogP) is 1.40. The number of pyridine rings is 1. The molecule has 0 bridgehead atoms. The number of hydrogen-bond donors (Lipinski definition) is 5. The zero-order chi connectivity index (χ0) is 20.7. The summed E-state index contributed by atoms with van der Waals surface area (Å²) in [5, 5.41) is 34.7. The van der Waals surface area contributed by atoms with Crippen LogP contribution in [-0.4, -0.2) is 54.1 Å². The number of nitrogen functional groups attached to an aromatic ring is 1. The molecule has 0 radical (unpaired) electrons. The first-order chi connectivity index (χ1) is 13.7. The molecular weight excluding hydrogens is 398 g/mol. The number of hydrogen-bond acceptors (Lipinski definition) is 9. The summed E-state index contributed by atoms with van der Waals surface area (Å²) < 4.78 is 6.00. The highest BCUT2D eigenvalue weighted by molar-refractivity contribution is 6.32. The summed E-state index contributed by atoms with van der Waals surface area (Å²) in [6.07, 6.45) is -1.69. The number of rotatable bonds is 3. The van der Waals surface area contributed by atoms with Crippen molar-refractivity contribution in [2.75, 3.05) is 11.1 Å². The molecule has 6 N–H and O–H groups in total. The lowest BCUT2D eigenvalue weighted by atomic mass is 10.1. The molecule has 3 heterocycles. The number of nitrogens with zero attached hydrogens (tertiary/aromatic N) is 3. The Morgan fingerprint density at radius 2 is 1.97 bits per heavy atom. The fraction of sp³-hybridized carbons (Fsp3) is 0.421. The van der Waals surface area contributed by atoms with Gasteiger partial charge in [-0.2, -0.15) is 4.98 Å². The highest BCUT2D eigenvalue weighted by Gasteiger charge is 2.74. The van der Waals surface area contributed by atoms with Gasteiger partial charge in [-0.1, -0.05) is 11.6 Å². The summed E-state index contributed by atoms with van der Waals surface area (Å²) in [4.78, 5) is 12.7. The van der Waals surface area contributed by atoms with E-state index in [2.05, 4.69) is 20.3 Å². The molecule has 5 rings (SSSR count). The molecule has 3 aromatic rings. The van der Waals surface area contributed by atoms with E-state index in [4.69, 9.17) is 21.8 Å². The maximum absolute atomic E-state index is 10.5. The number of aromatic nitrogens is 3. The summed E-state index contributed by atoms with van der Waals surface area (Å²) in [5.41, 5.74) is 6.93. The zero-order valence-corrected chi connectivity index (χ0v) is 16.5. The van der Waals surface area contributed by atoms with Crippen LogP contribution in [0.1, 0.15) is 17.8 Å². The van der Waals surface area contributed by atoms with Gasteiger partial charge in [0.15, 0.2) is 5.58 Å². The van der Waals surface area contributed by atoms with Gasteiger partial charge in [-0.3, -0.25) is 4.98 Å². The normalized spacial score (nSPS) is 30.6. The van der Waals surface area contributed by atoms with Gasteiger partial charge < -0.3 is 30.8 Å². The summed E-state index contributed by atoms with van der Waals surface area (Å²) in [6, 6.07) is 3.19. The van der Waals surface area contributed by atoms with E-state index in [0.29, 0.717) is 23.3 Å². The maximum Gasteiger partial charge on any atom is 0.223 e. The number of anilines is 2. The van der Waals surface area contributed by atoms with E-state index in [-0.39, 0.29) is 22.8 Å². The number of halogens is 1. The first-order valence-electron chi connectivity index (χ1n) is 9.26. The SMILES string of the molecule is Cc1cc2cc(-c3c(Cl)nc(N)nc3N[C@@H]3C[C@@H]4C(O)[C@]4(O)[C@H]3O)oc2c(C)n1. The van der Waals surface area contributed by atoms with Gasteiger partial charge in [0, 0.05) is 17.0 Å².